The van der Waals surface area contributed by atoms with Crippen molar-refractivity contribution < 1.29 is 18.7 Å². The molecule has 22 heavy (non-hydrogen) atoms. The highest BCUT2D eigenvalue weighted by Crippen LogP contribution is 2.21. The van der Waals surface area contributed by atoms with Gasteiger partial charge in [-0.05, 0) is 23.8 Å². The second-order valence-corrected chi connectivity index (χ2v) is 4.56. The average molecular weight is 302 g/mol. The van der Waals surface area contributed by atoms with Crippen molar-refractivity contribution in [3.63, 3.8) is 0 Å². The Balaban J connectivity index is 2.30. The van der Waals surface area contributed by atoms with Crippen molar-refractivity contribution in [2.45, 2.75) is 6.04 Å². The predicted octanol–water partition coefficient (Wildman–Crippen LogP) is 1.79. The van der Waals surface area contributed by atoms with Gasteiger partial charge >= 0.3 is 0 Å². The van der Waals surface area contributed by atoms with E-state index in [1.807, 2.05) is 0 Å². The fraction of sp³-hybridized carbons (Fsp3) is 0.125. The molecule has 2 aromatic rings. The van der Waals surface area contributed by atoms with E-state index >= 15 is 0 Å². The van der Waals surface area contributed by atoms with Crippen molar-refractivity contribution in [3.05, 3.63) is 65.5 Å². The van der Waals surface area contributed by atoms with Gasteiger partial charge in [0.15, 0.2) is 0 Å². The second kappa shape index (κ2) is 6.71. The molecule has 0 radical (unpaired) electrons. The first kappa shape index (κ1) is 15.5. The number of nitrogens with one attached hydrogen (secondary N) is 1. The molecule has 114 valence electrons. The molecule has 2 rings (SSSR count). The van der Waals surface area contributed by atoms with Gasteiger partial charge in [0.1, 0.15) is 17.6 Å². The summed E-state index contributed by atoms with van der Waals surface area (Å²) in [6, 6.07) is 11.1. The summed E-state index contributed by atoms with van der Waals surface area (Å²) in [5.41, 5.74) is 5.87. The molecule has 0 saturated heterocycles. The van der Waals surface area contributed by atoms with E-state index in [4.69, 9.17) is 10.5 Å². The first-order valence-corrected chi connectivity index (χ1v) is 6.51. The zero-order chi connectivity index (χ0) is 16.1. The fourth-order valence-electron chi connectivity index (χ4n) is 2.03. The summed E-state index contributed by atoms with van der Waals surface area (Å²) in [5.74, 6) is -1.74. The van der Waals surface area contributed by atoms with E-state index in [1.165, 1.54) is 19.2 Å². The molecular weight excluding hydrogens is 287 g/mol. The van der Waals surface area contributed by atoms with Crippen LogP contribution in [0.1, 0.15) is 22.0 Å². The van der Waals surface area contributed by atoms with Crippen LogP contribution in [0, 0.1) is 5.82 Å². The standard InChI is InChI=1S/C16H15FN2O3/c1-22-13-8-7-11(17)9-12(13)16(21)19-14(15(18)20)10-5-3-2-4-6-10/h2-9,14H,1H3,(H2,18,20)(H,19,21)/t14-/m0/s1. The molecule has 3 N–H and O–H groups in total. The van der Waals surface area contributed by atoms with E-state index in [0.29, 0.717) is 5.56 Å². The lowest BCUT2D eigenvalue weighted by Crippen LogP contribution is -2.37. The first-order chi connectivity index (χ1) is 10.5. The molecule has 0 spiro atoms. The third kappa shape index (κ3) is 3.41. The van der Waals surface area contributed by atoms with Gasteiger partial charge in [0.05, 0.1) is 12.7 Å². The van der Waals surface area contributed by atoms with Crippen LogP contribution >= 0.6 is 0 Å². The fourth-order valence-corrected chi connectivity index (χ4v) is 2.03. The summed E-state index contributed by atoms with van der Waals surface area (Å²) in [6.07, 6.45) is 0. The molecule has 5 nitrogen and oxygen atoms in total. The molecule has 0 aliphatic carbocycles. The number of hydrogen-bond donors (Lipinski definition) is 2. The zero-order valence-corrected chi connectivity index (χ0v) is 11.9. The van der Waals surface area contributed by atoms with Crippen LogP contribution in [0.5, 0.6) is 5.75 Å². The number of methoxy groups -OCH3 is 1. The van der Waals surface area contributed by atoms with Crippen molar-refractivity contribution in [1.82, 2.24) is 5.32 Å². The van der Waals surface area contributed by atoms with Crippen LogP contribution in [-0.2, 0) is 4.79 Å². The highest BCUT2D eigenvalue weighted by atomic mass is 19.1. The molecule has 0 saturated carbocycles. The van der Waals surface area contributed by atoms with Gasteiger partial charge in [-0.2, -0.15) is 0 Å². The quantitative estimate of drug-likeness (QED) is 0.883. The Bertz CT molecular complexity index is 689. The number of rotatable bonds is 5. The molecule has 0 bridgehead atoms. The lowest BCUT2D eigenvalue weighted by molar-refractivity contribution is -0.120. The van der Waals surface area contributed by atoms with Crippen molar-refractivity contribution >= 4 is 11.8 Å². The van der Waals surface area contributed by atoms with Gasteiger partial charge in [-0.15, -0.1) is 0 Å². The third-order valence-electron chi connectivity index (χ3n) is 3.10. The van der Waals surface area contributed by atoms with Crippen LogP contribution in [-0.4, -0.2) is 18.9 Å². The maximum atomic E-state index is 13.3. The average Bonchev–Trinajstić information content (AvgIpc) is 2.52. The number of hydrogen-bond acceptors (Lipinski definition) is 3. The SMILES string of the molecule is COc1ccc(F)cc1C(=O)N[C@H](C(N)=O)c1ccccc1. The minimum Gasteiger partial charge on any atom is -0.496 e. The van der Waals surface area contributed by atoms with Gasteiger partial charge < -0.3 is 15.8 Å². The monoisotopic (exact) mass is 302 g/mol. The lowest BCUT2D eigenvalue weighted by atomic mass is 10.1. The number of carbonyl (C=O) groups is 2. The number of nitrogens with two attached hydrogens (primary N) is 1. The number of halogens is 1. The van der Waals surface area contributed by atoms with Gasteiger partial charge in [-0.3, -0.25) is 9.59 Å². The highest BCUT2D eigenvalue weighted by molar-refractivity contribution is 5.99. The van der Waals surface area contributed by atoms with Crippen LogP contribution in [0.3, 0.4) is 0 Å². The molecule has 1 atom stereocenters. The maximum Gasteiger partial charge on any atom is 0.256 e. The molecule has 6 heteroatoms. The number of benzene rings is 2. The molecular formula is C16H15FN2O3. The molecule has 2 aromatic carbocycles. The minimum atomic E-state index is -1.01. The molecule has 2 amide bonds. The van der Waals surface area contributed by atoms with E-state index in [0.717, 1.165) is 6.07 Å². The second-order valence-electron chi connectivity index (χ2n) is 4.56. The Labute approximate surface area is 126 Å². The van der Waals surface area contributed by atoms with Gasteiger partial charge in [-0.25, -0.2) is 4.39 Å². The van der Waals surface area contributed by atoms with Gasteiger partial charge in [0.2, 0.25) is 5.91 Å². The number of amides is 2. The summed E-state index contributed by atoms with van der Waals surface area (Å²) >= 11 is 0. The van der Waals surface area contributed by atoms with Gasteiger partial charge in [-0.1, -0.05) is 30.3 Å². The molecule has 0 aliphatic heterocycles. The number of carbonyl (C=O) groups excluding carboxylic acids is 2. The van der Waals surface area contributed by atoms with Crippen LogP contribution in [0.25, 0.3) is 0 Å². The largest absolute Gasteiger partial charge is 0.496 e. The van der Waals surface area contributed by atoms with Gasteiger partial charge in [0.25, 0.3) is 5.91 Å². The van der Waals surface area contributed by atoms with Crippen molar-refractivity contribution in [2.75, 3.05) is 7.11 Å². The van der Waals surface area contributed by atoms with E-state index in [9.17, 15) is 14.0 Å². The molecule has 0 aliphatic rings. The molecule has 0 unspecified atom stereocenters. The minimum absolute atomic E-state index is 0.00955. The van der Waals surface area contributed by atoms with Crippen molar-refractivity contribution in [1.29, 1.82) is 0 Å². The van der Waals surface area contributed by atoms with Crippen LogP contribution in [0.15, 0.2) is 48.5 Å². The Kier molecular flexibility index (Phi) is 4.73. The van der Waals surface area contributed by atoms with E-state index < -0.39 is 23.7 Å². The Morgan fingerprint density at radius 3 is 2.45 bits per heavy atom. The molecule has 0 fully saturated rings. The van der Waals surface area contributed by atoms with E-state index in [2.05, 4.69) is 5.32 Å². The summed E-state index contributed by atoms with van der Waals surface area (Å²) in [7, 11) is 1.37. The molecule has 0 aromatic heterocycles. The normalized spacial score (nSPS) is 11.5. The van der Waals surface area contributed by atoms with E-state index in [-0.39, 0.29) is 11.3 Å². The predicted molar refractivity (Wildman–Crippen MR) is 78.8 cm³/mol. The van der Waals surface area contributed by atoms with Crippen molar-refractivity contribution in [3.8, 4) is 5.75 Å². The number of primary amides is 1. The summed E-state index contributed by atoms with van der Waals surface area (Å²) in [4.78, 5) is 23.9. The summed E-state index contributed by atoms with van der Waals surface area (Å²) in [5, 5.41) is 2.49. The van der Waals surface area contributed by atoms with Crippen LogP contribution < -0.4 is 15.8 Å². The molecule has 0 heterocycles. The van der Waals surface area contributed by atoms with Gasteiger partial charge in [0, 0.05) is 0 Å². The lowest BCUT2D eigenvalue weighted by Gasteiger charge is -2.17. The summed E-state index contributed by atoms with van der Waals surface area (Å²) < 4.78 is 18.4. The highest BCUT2D eigenvalue weighted by Gasteiger charge is 2.22. The smallest absolute Gasteiger partial charge is 0.256 e. The number of ether oxygens (including phenoxy) is 1. The Hall–Kier alpha value is -2.89. The Morgan fingerprint density at radius 1 is 1.18 bits per heavy atom. The maximum absolute atomic E-state index is 13.3. The van der Waals surface area contributed by atoms with Crippen LogP contribution in [0.2, 0.25) is 0 Å². The topological polar surface area (TPSA) is 81.4 Å². The van der Waals surface area contributed by atoms with E-state index in [1.54, 1.807) is 30.3 Å². The first-order valence-electron chi connectivity index (χ1n) is 6.51. The van der Waals surface area contributed by atoms with Crippen molar-refractivity contribution in [2.24, 2.45) is 5.73 Å². The third-order valence-corrected chi connectivity index (χ3v) is 3.10. The zero-order valence-electron chi connectivity index (χ0n) is 11.9. The van der Waals surface area contributed by atoms with Crippen LogP contribution in [0.4, 0.5) is 4.39 Å². The Morgan fingerprint density at radius 2 is 1.86 bits per heavy atom. The summed E-state index contributed by atoms with van der Waals surface area (Å²) in [6.45, 7) is 0.